The van der Waals surface area contributed by atoms with Gasteiger partial charge in [0.15, 0.2) is 0 Å². The van der Waals surface area contributed by atoms with E-state index in [4.69, 9.17) is 0 Å². The minimum atomic E-state index is -3.88. The molecule has 2 aromatic carbocycles. The Bertz CT molecular complexity index is 986. The van der Waals surface area contributed by atoms with E-state index in [0.717, 1.165) is 5.56 Å². The number of aryl methyl sites for hydroxylation is 1. The number of nitrogens with zero attached hydrogens (tertiary/aromatic N) is 1. The van der Waals surface area contributed by atoms with Crippen molar-refractivity contribution in [3.63, 3.8) is 0 Å². The lowest BCUT2D eigenvalue weighted by atomic mass is 10.0. The Morgan fingerprint density at radius 3 is 2.58 bits per heavy atom. The van der Waals surface area contributed by atoms with Crippen LogP contribution in [0, 0.1) is 0 Å². The third-order valence-electron chi connectivity index (χ3n) is 4.35. The van der Waals surface area contributed by atoms with Gasteiger partial charge in [0.25, 0.3) is 15.9 Å². The predicted octanol–water partition coefficient (Wildman–Crippen LogP) is 1.76. The van der Waals surface area contributed by atoms with Gasteiger partial charge in [-0.2, -0.15) is 0 Å². The second-order valence-electron chi connectivity index (χ2n) is 5.97. The van der Waals surface area contributed by atoms with Gasteiger partial charge < -0.3 is 10.2 Å². The molecule has 2 aromatic rings. The van der Waals surface area contributed by atoms with E-state index in [-0.39, 0.29) is 28.0 Å². The number of fused-ring (bicyclic) bond motifs is 1. The van der Waals surface area contributed by atoms with Crippen molar-refractivity contribution in [2.45, 2.75) is 17.7 Å². The summed E-state index contributed by atoms with van der Waals surface area (Å²) in [5.74, 6) is -0.375. The molecule has 0 saturated carbocycles. The lowest BCUT2D eigenvalue weighted by Gasteiger charge is -2.26. The van der Waals surface area contributed by atoms with E-state index < -0.39 is 10.0 Å². The normalized spacial score (nSPS) is 13.9. The van der Waals surface area contributed by atoms with Crippen molar-refractivity contribution in [2.75, 3.05) is 23.7 Å². The molecule has 0 radical (unpaired) electrons. The van der Waals surface area contributed by atoms with Crippen LogP contribution in [-0.4, -0.2) is 34.3 Å². The van der Waals surface area contributed by atoms with Crippen LogP contribution in [0.25, 0.3) is 0 Å². The number of hydrogen-bond donors (Lipinski definition) is 2. The third-order valence-corrected chi connectivity index (χ3v) is 5.71. The SMILES string of the molecule is CNC(=O)c1ccccc1NS(=O)(=O)c1ccc2c(c1)CCC(=O)N2C. The summed E-state index contributed by atoms with van der Waals surface area (Å²) >= 11 is 0. The van der Waals surface area contributed by atoms with Gasteiger partial charge in [-0.05, 0) is 42.3 Å². The fraction of sp³-hybridized carbons (Fsp3) is 0.222. The molecule has 0 saturated heterocycles. The molecule has 0 atom stereocenters. The van der Waals surface area contributed by atoms with E-state index in [0.29, 0.717) is 18.5 Å². The average molecular weight is 373 g/mol. The van der Waals surface area contributed by atoms with Crippen LogP contribution < -0.4 is 14.9 Å². The van der Waals surface area contributed by atoms with Crippen LogP contribution in [0.4, 0.5) is 11.4 Å². The van der Waals surface area contributed by atoms with Crippen molar-refractivity contribution in [1.82, 2.24) is 5.32 Å². The Morgan fingerprint density at radius 2 is 1.85 bits per heavy atom. The summed E-state index contributed by atoms with van der Waals surface area (Å²) in [6.45, 7) is 0. The van der Waals surface area contributed by atoms with Crippen LogP contribution >= 0.6 is 0 Å². The second kappa shape index (κ2) is 6.80. The smallest absolute Gasteiger partial charge is 0.261 e. The summed E-state index contributed by atoms with van der Waals surface area (Å²) in [5.41, 5.74) is 1.96. The number of benzene rings is 2. The van der Waals surface area contributed by atoms with E-state index in [2.05, 4.69) is 10.0 Å². The van der Waals surface area contributed by atoms with Gasteiger partial charge in [-0.3, -0.25) is 14.3 Å². The van der Waals surface area contributed by atoms with Gasteiger partial charge in [0.1, 0.15) is 0 Å². The molecule has 0 aliphatic carbocycles. The Hall–Kier alpha value is -2.87. The molecule has 2 N–H and O–H groups in total. The highest BCUT2D eigenvalue weighted by Gasteiger charge is 2.24. The highest BCUT2D eigenvalue weighted by molar-refractivity contribution is 7.92. The summed E-state index contributed by atoms with van der Waals surface area (Å²) in [4.78, 5) is 25.3. The van der Waals surface area contributed by atoms with Gasteiger partial charge in [0, 0.05) is 26.2 Å². The molecule has 1 aliphatic heterocycles. The molecule has 0 bridgehead atoms. The van der Waals surface area contributed by atoms with Gasteiger partial charge in [0.2, 0.25) is 5.91 Å². The summed E-state index contributed by atoms with van der Waals surface area (Å²) in [7, 11) is -0.721. The molecule has 136 valence electrons. The molecule has 26 heavy (non-hydrogen) atoms. The lowest BCUT2D eigenvalue weighted by Crippen LogP contribution is -2.31. The molecular formula is C18H19N3O4S. The first-order valence-corrected chi connectivity index (χ1v) is 9.55. The van der Waals surface area contributed by atoms with Crippen molar-refractivity contribution >= 4 is 33.2 Å². The van der Waals surface area contributed by atoms with Crippen LogP contribution in [0.2, 0.25) is 0 Å². The minimum absolute atomic E-state index is 0.00531. The van der Waals surface area contributed by atoms with Crippen LogP contribution in [0.1, 0.15) is 22.3 Å². The molecule has 0 spiro atoms. The zero-order valence-electron chi connectivity index (χ0n) is 14.4. The van der Waals surface area contributed by atoms with Crippen molar-refractivity contribution < 1.29 is 18.0 Å². The van der Waals surface area contributed by atoms with Gasteiger partial charge in [0.05, 0.1) is 16.1 Å². The summed E-state index contributed by atoms with van der Waals surface area (Å²) < 4.78 is 28.0. The Kier molecular flexibility index (Phi) is 4.69. The monoisotopic (exact) mass is 373 g/mol. The number of hydrogen-bond acceptors (Lipinski definition) is 4. The fourth-order valence-electron chi connectivity index (χ4n) is 2.91. The van der Waals surface area contributed by atoms with E-state index in [9.17, 15) is 18.0 Å². The number of carbonyl (C=O) groups is 2. The molecule has 3 rings (SSSR count). The van der Waals surface area contributed by atoms with Crippen molar-refractivity contribution in [1.29, 1.82) is 0 Å². The van der Waals surface area contributed by atoms with E-state index >= 15 is 0 Å². The Labute approximate surface area is 152 Å². The number of anilines is 2. The number of carbonyl (C=O) groups excluding carboxylic acids is 2. The summed E-state index contributed by atoms with van der Waals surface area (Å²) in [6, 6.07) is 11.1. The quantitative estimate of drug-likeness (QED) is 0.854. The maximum Gasteiger partial charge on any atom is 0.261 e. The molecule has 0 aromatic heterocycles. The van der Waals surface area contributed by atoms with Gasteiger partial charge >= 0.3 is 0 Å². The summed E-state index contributed by atoms with van der Waals surface area (Å²) in [6.07, 6.45) is 0.844. The Balaban J connectivity index is 1.95. The van der Waals surface area contributed by atoms with E-state index in [1.54, 1.807) is 37.4 Å². The van der Waals surface area contributed by atoms with Gasteiger partial charge in [-0.15, -0.1) is 0 Å². The predicted molar refractivity (Wildman–Crippen MR) is 98.8 cm³/mol. The van der Waals surface area contributed by atoms with E-state index in [1.807, 2.05) is 0 Å². The first-order valence-electron chi connectivity index (χ1n) is 8.07. The van der Waals surface area contributed by atoms with Crippen molar-refractivity contribution in [2.24, 2.45) is 0 Å². The van der Waals surface area contributed by atoms with Crippen molar-refractivity contribution in [3.05, 3.63) is 53.6 Å². The second-order valence-corrected chi connectivity index (χ2v) is 7.66. The average Bonchev–Trinajstić information content (AvgIpc) is 2.64. The molecule has 8 heteroatoms. The summed E-state index contributed by atoms with van der Waals surface area (Å²) in [5, 5.41) is 2.49. The van der Waals surface area contributed by atoms with Crippen LogP contribution in [0.5, 0.6) is 0 Å². The van der Waals surface area contributed by atoms with E-state index in [1.165, 1.54) is 24.1 Å². The Morgan fingerprint density at radius 1 is 1.12 bits per heavy atom. The van der Waals surface area contributed by atoms with Crippen molar-refractivity contribution in [3.8, 4) is 0 Å². The number of para-hydroxylation sites is 1. The minimum Gasteiger partial charge on any atom is -0.355 e. The molecule has 7 nitrogen and oxygen atoms in total. The maximum atomic E-state index is 12.8. The highest BCUT2D eigenvalue weighted by Crippen LogP contribution is 2.30. The number of nitrogens with one attached hydrogen (secondary N) is 2. The topological polar surface area (TPSA) is 95.6 Å². The van der Waals surface area contributed by atoms with Crippen LogP contribution in [0.3, 0.4) is 0 Å². The van der Waals surface area contributed by atoms with Gasteiger partial charge in [-0.1, -0.05) is 12.1 Å². The van der Waals surface area contributed by atoms with Crippen LogP contribution in [-0.2, 0) is 21.2 Å². The molecule has 0 unspecified atom stereocenters. The number of amides is 2. The first kappa shape index (κ1) is 17.9. The fourth-order valence-corrected chi connectivity index (χ4v) is 4.04. The molecular weight excluding hydrogens is 354 g/mol. The number of sulfonamides is 1. The van der Waals surface area contributed by atoms with Gasteiger partial charge in [-0.25, -0.2) is 8.42 Å². The zero-order valence-corrected chi connectivity index (χ0v) is 15.3. The maximum absolute atomic E-state index is 12.8. The highest BCUT2D eigenvalue weighted by atomic mass is 32.2. The largest absolute Gasteiger partial charge is 0.355 e. The zero-order chi connectivity index (χ0) is 18.9. The third kappa shape index (κ3) is 3.28. The number of rotatable bonds is 4. The molecule has 2 amide bonds. The molecule has 0 fully saturated rings. The molecule has 1 heterocycles. The lowest BCUT2D eigenvalue weighted by molar-refractivity contribution is -0.118. The van der Waals surface area contributed by atoms with Crippen LogP contribution in [0.15, 0.2) is 47.4 Å². The first-order chi connectivity index (χ1) is 12.3. The molecule has 1 aliphatic rings. The standard InChI is InChI=1S/C18H19N3O4S/c1-19-18(23)14-5-3-4-6-15(14)20-26(24,25)13-8-9-16-12(11-13)7-10-17(22)21(16)2/h3-6,8-9,11,20H,7,10H2,1-2H3,(H,19,23).